The molecule has 0 spiro atoms. The number of hydrogen-bond acceptors (Lipinski definition) is 2. The molecule has 0 aromatic heterocycles. The van der Waals surface area contributed by atoms with E-state index in [1.165, 1.54) is 31.2 Å². The molecule has 2 heteroatoms. The van der Waals surface area contributed by atoms with Gasteiger partial charge >= 0.3 is 0 Å². The first kappa shape index (κ1) is 16.5. The van der Waals surface area contributed by atoms with Gasteiger partial charge in [0.05, 0.1) is 5.60 Å². The number of aliphatic hydroxyl groups is 1. The number of hydrogen-bond donors (Lipinski definition) is 2. The highest BCUT2D eigenvalue weighted by molar-refractivity contribution is 5.28. The number of rotatable bonds is 5. The molecule has 1 fully saturated rings. The molecule has 0 amide bonds. The van der Waals surface area contributed by atoms with Gasteiger partial charge in [-0.2, -0.15) is 0 Å². The highest BCUT2D eigenvalue weighted by Crippen LogP contribution is 2.51. The van der Waals surface area contributed by atoms with Crippen molar-refractivity contribution in [3.63, 3.8) is 0 Å². The molecule has 1 unspecified atom stereocenters. The lowest BCUT2D eigenvalue weighted by Gasteiger charge is -2.49. The van der Waals surface area contributed by atoms with Gasteiger partial charge in [0.2, 0.25) is 0 Å². The average Bonchev–Trinajstić information content (AvgIpc) is 2.49. The molecule has 1 saturated carbocycles. The van der Waals surface area contributed by atoms with Crippen molar-refractivity contribution in [3.8, 4) is 0 Å². The zero-order valence-electron chi connectivity index (χ0n) is 13.9. The van der Waals surface area contributed by atoms with E-state index in [2.05, 4.69) is 38.1 Å². The minimum Gasteiger partial charge on any atom is -0.385 e. The lowest BCUT2D eigenvalue weighted by molar-refractivity contribution is -0.0983. The van der Waals surface area contributed by atoms with Crippen LogP contribution in [0.1, 0.15) is 63.5 Å². The number of aryl methyl sites for hydroxylation is 1. The molecule has 0 heterocycles. The van der Waals surface area contributed by atoms with E-state index in [1.807, 2.05) is 6.92 Å². The van der Waals surface area contributed by atoms with Gasteiger partial charge in [-0.1, -0.05) is 49.6 Å². The molecule has 1 aliphatic carbocycles. The topological polar surface area (TPSA) is 46.2 Å². The van der Waals surface area contributed by atoms with Crippen LogP contribution in [-0.4, -0.2) is 11.7 Å². The van der Waals surface area contributed by atoms with Crippen molar-refractivity contribution >= 4 is 0 Å². The lowest BCUT2D eigenvalue weighted by Crippen LogP contribution is -2.50. The van der Waals surface area contributed by atoms with Crippen LogP contribution in [0.15, 0.2) is 24.3 Å². The van der Waals surface area contributed by atoms with Crippen LogP contribution in [-0.2, 0) is 5.60 Å². The third kappa shape index (κ3) is 3.17. The molecule has 2 rings (SSSR count). The third-order valence-electron chi connectivity index (χ3n) is 5.80. The SMILES string of the molecule is CCCC1CCC(CN)(C(C)(O)c2ccc(C)cc2)CC1. The highest BCUT2D eigenvalue weighted by atomic mass is 16.3. The van der Waals surface area contributed by atoms with E-state index in [-0.39, 0.29) is 5.41 Å². The van der Waals surface area contributed by atoms with Gasteiger partial charge in [-0.3, -0.25) is 0 Å². The molecule has 1 atom stereocenters. The summed E-state index contributed by atoms with van der Waals surface area (Å²) in [7, 11) is 0. The van der Waals surface area contributed by atoms with Crippen LogP contribution in [0.5, 0.6) is 0 Å². The van der Waals surface area contributed by atoms with Gasteiger partial charge in [-0.25, -0.2) is 0 Å². The number of benzene rings is 1. The fourth-order valence-electron chi connectivity index (χ4n) is 4.00. The Hall–Kier alpha value is -0.860. The summed E-state index contributed by atoms with van der Waals surface area (Å²) in [6.45, 7) is 6.86. The van der Waals surface area contributed by atoms with Gasteiger partial charge < -0.3 is 10.8 Å². The highest BCUT2D eigenvalue weighted by Gasteiger charge is 2.48. The van der Waals surface area contributed by atoms with Crippen molar-refractivity contribution in [1.29, 1.82) is 0 Å². The monoisotopic (exact) mass is 289 g/mol. The summed E-state index contributed by atoms with van der Waals surface area (Å²) in [4.78, 5) is 0. The maximum Gasteiger partial charge on any atom is 0.0936 e. The van der Waals surface area contributed by atoms with E-state index < -0.39 is 5.60 Å². The normalized spacial score (nSPS) is 29.1. The molecule has 0 radical (unpaired) electrons. The molecule has 1 aromatic carbocycles. The Kier molecular flexibility index (Phi) is 5.11. The maximum atomic E-state index is 11.3. The zero-order chi connectivity index (χ0) is 15.5. The largest absolute Gasteiger partial charge is 0.385 e. The molecule has 0 aliphatic heterocycles. The van der Waals surface area contributed by atoms with Crippen molar-refractivity contribution in [2.75, 3.05) is 6.54 Å². The summed E-state index contributed by atoms with van der Waals surface area (Å²) in [5, 5.41) is 11.3. The van der Waals surface area contributed by atoms with E-state index in [1.54, 1.807) is 0 Å². The van der Waals surface area contributed by atoms with E-state index in [4.69, 9.17) is 5.73 Å². The number of nitrogens with two attached hydrogens (primary N) is 1. The predicted octanol–water partition coefficient (Wildman–Crippen LogP) is 4.14. The lowest BCUT2D eigenvalue weighted by atomic mass is 9.59. The molecule has 0 bridgehead atoms. The Morgan fingerprint density at radius 3 is 2.29 bits per heavy atom. The molecule has 118 valence electrons. The van der Waals surface area contributed by atoms with E-state index in [0.717, 1.165) is 24.3 Å². The van der Waals surface area contributed by atoms with Gasteiger partial charge in [0, 0.05) is 12.0 Å². The van der Waals surface area contributed by atoms with Crippen LogP contribution in [0.3, 0.4) is 0 Å². The summed E-state index contributed by atoms with van der Waals surface area (Å²) in [6, 6.07) is 8.28. The summed E-state index contributed by atoms with van der Waals surface area (Å²) >= 11 is 0. The standard InChI is InChI=1S/C19H31NO/c1-4-5-16-10-12-19(14-20,13-11-16)18(3,21)17-8-6-15(2)7-9-17/h6-9,16,21H,4-5,10-14,20H2,1-3H3. The minimum absolute atomic E-state index is 0.174. The minimum atomic E-state index is -0.841. The smallest absolute Gasteiger partial charge is 0.0936 e. The molecular formula is C19H31NO. The molecular weight excluding hydrogens is 258 g/mol. The Balaban J connectivity index is 2.21. The maximum absolute atomic E-state index is 11.3. The van der Waals surface area contributed by atoms with Crippen molar-refractivity contribution in [2.24, 2.45) is 17.1 Å². The van der Waals surface area contributed by atoms with Gasteiger partial charge in [0.1, 0.15) is 0 Å². The second-order valence-corrected chi connectivity index (χ2v) is 7.15. The van der Waals surface area contributed by atoms with Crippen LogP contribution in [0, 0.1) is 18.3 Å². The van der Waals surface area contributed by atoms with Gasteiger partial charge in [0.15, 0.2) is 0 Å². The van der Waals surface area contributed by atoms with Gasteiger partial charge in [-0.15, -0.1) is 0 Å². The third-order valence-corrected chi connectivity index (χ3v) is 5.80. The van der Waals surface area contributed by atoms with E-state index >= 15 is 0 Å². The summed E-state index contributed by atoms with van der Waals surface area (Å²) in [6.07, 6.45) is 7.05. The zero-order valence-corrected chi connectivity index (χ0v) is 13.9. The summed E-state index contributed by atoms with van der Waals surface area (Å²) in [5.74, 6) is 0.823. The average molecular weight is 289 g/mol. The van der Waals surface area contributed by atoms with Crippen molar-refractivity contribution in [2.45, 2.75) is 64.9 Å². The predicted molar refractivity (Wildman–Crippen MR) is 89.1 cm³/mol. The second-order valence-electron chi connectivity index (χ2n) is 7.15. The second kappa shape index (κ2) is 6.50. The van der Waals surface area contributed by atoms with Crippen LogP contribution in [0.25, 0.3) is 0 Å². The van der Waals surface area contributed by atoms with Gasteiger partial charge in [0.25, 0.3) is 0 Å². The van der Waals surface area contributed by atoms with Crippen molar-refractivity contribution in [1.82, 2.24) is 0 Å². The Bertz CT molecular complexity index is 441. The molecule has 2 nitrogen and oxygen atoms in total. The Morgan fingerprint density at radius 2 is 1.81 bits per heavy atom. The van der Waals surface area contributed by atoms with Crippen LogP contribution >= 0.6 is 0 Å². The summed E-state index contributed by atoms with van der Waals surface area (Å²) in [5.41, 5.74) is 7.37. The molecule has 0 saturated heterocycles. The molecule has 1 aromatic rings. The van der Waals surface area contributed by atoms with E-state index in [0.29, 0.717) is 6.54 Å². The molecule has 3 N–H and O–H groups in total. The fraction of sp³-hybridized carbons (Fsp3) is 0.684. The van der Waals surface area contributed by atoms with Crippen LogP contribution < -0.4 is 5.73 Å². The molecule has 21 heavy (non-hydrogen) atoms. The summed E-state index contributed by atoms with van der Waals surface area (Å²) < 4.78 is 0. The van der Waals surface area contributed by atoms with E-state index in [9.17, 15) is 5.11 Å². The fourth-order valence-corrected chi connectivity index (χ4v) is 4.00. The Labute approximate surface area is 129 Å². The first-order valence-corrected chi connectivity index (χ1v) is 8.45. The molecule has 1 aliphatic rings. The van der Waals surface area contributed by atoms with Crippen LogP contribution in [0.2, 0.25) is 0 Å². The van der Waals surface area contributed by atoms with Crippen molar-refractivity contribution in [3.05, 3.63) is 35.4 Å². The van der Waals surface area contributed by atoms with Crippen LogP contribution in [0.4, 0.5) is 0 Å². The van der Waals surface area contributed by atoms with Crippen molar-refractivity contribution < 1.29 is 5.11 Å². The Morgan fingerprint density at radius 1 is 1.24 bits per heavy atom. The first-order valence-electron chi connectivity index (χ1n) is 8.45. The first-order chi connectivity index (χ1) is 9.95. The quantitative estimate of drug-likeness (QED) is 0.856. The van der Waals surface area contributed by atoms with Gasteiger partial charge in [-0.05, 0) is 51.0 Å².